The second-order valence-corrected chi connectivity index (χ2v) is 8.19. The highest BCUT2D eigenvalue weighted by Gasteiger charge is 2.22. The first-order valence-corrected chi connectivity index (χ1v) is 7.50. The molecule has 0 spiro atoms. The van der Waals surface area contributed by atoms with E-state index in [0.717, 1.165) is 23.6 Å². The van der Waals surface area contributed by atoms with Crippen LogP contribution in [0, 0.1) is 0 Å². The summed E-state index contributed by atoms with van der Waals surface area (Å²) in [5.74, 6) is 0. The summed E-state index contributed by atoms with van der Waals surface area (Å²) in [4.78, 5) is 2.54. The van der Waals surface area contributed by atoms with E-state index in [1.165, 1.54) is 18.7 Å². The molecule has 0 aromatic carbocycles. The second-order valence-electron chi connectivity index (χ2n) is 6.30. The molecular weight excluding hydrogens is 228 g/mol. The van der Waals surface area contributed by atoms with Gasteiger partial charge in [-0.3, -0.25) is 4.90 Å². The minimum absolute atomic E-state index is 0.182. The predicted octanol–water partition coefficient (Wildman–Crippen LogP) is 2.76. The number of nitrogens with zero attached hydrogens (tertiary/aromatic N) is 1. The van der Waals surface area contributed by atoms with Gasteiger partial charge in [-0.15, -0.1) is 0 Å². The highest BCUT2D eigenvalue weighted by atomic mass is 32.2. The Morgan fingerprint density at radius 1 is 1.29 bits per heavy atom. The van der Waals surface area contributed by atoms with E-state index in [2.05, 4.69) is 63.2 Å². The van der Waals surface area contributed by atoms with E-state index in [1.54, 1.807) is 0 Å². The van der Waals surface area contributed by atoms with Gasteiger partial charge >= 0.3 is 0 Å². The molecule has 100 valence electrons. The quantitative estimate of drug-likeness (QED) is 0.779. The van der Waals surface area contributed by atoms with Crippen molar-refractivity contribution in [2.75, 3.05) is 26.2 Å². The second kappa shape index (κ2) is 6.26. The van der Waals surface area contributed by atoms with Crippen LogP contribution in [0.4, 0.5) is 0 Å². The van der Waals surface area contributed by atoms with Gasteiger partial charge in [-0.25, -0.2) is 0 Å². The van der Waals surface area contributed by atoms with Crippen LogP contribution in [0.5, 0.6) is 0 Å². The number of thioether (sulfide) groups is 1. The largest absolute Gasteiger partial charge is 0.308 e. The monoisotopic (exact) mass is 256 g/mol. The molecule has 0 saturated carbocycles. The Hall–Kier alpha value is 0.0100. The van der Waals surface area contributed by atoms with Crippen molar-refractivity contribution < 1.29 is 0 Å². The third-order valence-electron chi connectivity index (χ3n) is 2.81. The lowest BCUT2D eigenvalue weighted by Gasteiger charge is -2.35. The lowest BCUT2D eigenvalue weighted by molar-refractivity contribution is 0.289. The van der Waals surface area contributed by atoms with Crippen molar-refractivity contribution in [3.8, 4) is 0 Å². The zero-order valence-electron chi connectivity index (χ0n) is 12.0. The Kier molecular flexibility index (Phi) is 5.55. The van der Waals surface area contributed by atoms with Gasteiger partial charge in [0.25, 0.3) is 0 Å². The normalized spacial score (nSPS) is 27.1. The number of nitrogens with one attached hydrogen (secondary N) is 1. The van der Waals surface area contributed by atoms with Gasteiger partial charge in [0.2, 0.25) is 0 Å². The van der Waals surface area contributed by atoms with E-state index in [4.69, 9.17) is 0 Å². The number of hydrogen-bond acceptors (Lipinski definition) is 3. The van der Waals surface area contributed by atoms with Crippen LogP contribution in [0.25, 0.3) is 0 Å². The van der Waals surface area contributed by atoms with E-state index in [0.29, 0.717) is 0 Å². The van der Waals surface area contributed by atoms with Crippen LogP contribution < -0.4 is 5.32 Å². The summed E-state index contributed by atoms with van der Waals surface area (Å²) in [6, 6.07) is 0. The SMILES string of the molecule is C=C(CNC(C)(C)C)CN1CC(C)SC(C)C1. The smallest absolute Gasteiger partial charge is 0.0203 e. The molecule has 1 N–H and O–H groups in total. The third kappa shape index (κ3) is 6.49. The topological polar surface area (TPSA) is 15.3 Å². The number of rotatable bonds is 4. The molecule has 1 aliphatic heterocycles. The van der Waals surface area contributed by atoms with Crippen LogP contribution in [-0.2, 0) is 0 Å². The van der Waals surface area contributed by atoms with Gasteiger partial charge in [0.05, 0.1) is 0 Å². The van der Waals surface area contributed by atoms with Crippen molar-refractivity contribution in [3.05, 3.63) is 12.2 Å². The summed E-state index contributed by atoms with van der Waals surface area (Å²) in [5, 5.41) is 5.01. The van der Waals surface area contributed by atoms with Crippen molar-refractivity contribution in [2.45, 2.75) is 50.7 Å². The molecule has 1 fully saturated rings. The Labute approximate surface area is 111 Å². The molecule has 1 heterocycles. The van der Waals surface area contributed by atoms with E-state index in [9.17, 15) is 0 Å². The molecule has 1 saturated heterocycles. The standard InChI is InChI=1S/C14H28N2S/c1-11(7-15-14(4,5)6)8-16-9-12(2)17-13(3)10-16/h12-13,15H,1,7-10H2,2-6H3. The molecule has 0 aliphatic carbocycles. The molecule has 0 aromatic rings. The average Bonchev–Trinajstić information content (AvgIpc) is 2.11. The summed E-state index contributed by atoms with van der Waals surface area (Å²) in [7, 11) is 0. The van der Waals surface area contributed by atoms with Gasteiger partial charge in [-0.1, -0.05) is 20.4 Å². The Morgan fingerprint density at radius 2 is 1.82 bits per heavy atom. The zero-order chi connectivity index (χ0) is 13.1. The average molecular weight is 256 g/mol. The molecule has 0 aromatic heterocycles. The maximum absolute atomic E-state index is 4.19. The molecule has 1 rings (SSSR count). The first-order valence-electron chi connectivity index (χ1n) is 6.56. The lowest BCUT2D eigenvalue weighted by Crippen LogP contribution is -2.43. The minimum Gasteiger partial charge on any atom is -0.308 e. The Bertz CT molecular complexity index is 247. The zero-order valence-corrected chi connectivity index (χ0v) is 12.9. The summed E-state index contributed by atoms with van der Waals surface area (Å²) in [6.07, 6.45) is 0. The van der Waals surface area contributed by atoms with Crippen molar-refractivity contribution in [1.82, 2.24) is 10.2 Å². The van der Waals surface area contributed by atoms with Gasteiger partial charge in [0.15, 0.2) is 0 Å². The molecule has 0 bridgehead atoms. The molecule has 2 unspecified atom stereocenters. The van der Waals surface area contributed by atoms with Crippen LogP contribution >= 0.6 is 11.8 Å². The van der Waals surface area contributed by atoms with Gasteiger partial charge in [0, 0.05) is 42.2 Å². The van der Waals surface area contributed by atoms with Crippen molar-refractivity contribution in [1.29, 1.82) is 0 Å². The van der Waals surface area contributed by atoms with Gasteiger partial charge < -0.3 is 5.32 Å². The maximum atomic E-state index is 4.19. The first kappa shape index (κ1) is 15.1. The summed E-state index contributed by atoms with van der Waals surface area (Å²) < 4.78 is 0. The molecule has 17 heavy (non-hydrogen) atoms. The Balaban J connectivity index is 2.30. The van der Waals surface area contributed by atoms with Crippen LogP contribution in [0.3, 0.4) is 0 Å². The predicted molar refractivity (Wildman–Crippen MR) is 79.9 cm³/mol. The highest BCUT2D eigenvalue weighted by Crippen LogP contribution is 2.24. The third-order valence-corrected chi connectivity index (χ3v) is 4.04. The summed E-state index contributed by atoms with van der Waals surface area (Å²) in [6.45, 7) is 19.8. The van der Waals surface area contributed by atoms with Crippen molar-refractivity contribution in [3.63, 3.8) is 0 Å². The van der Waals surface area contributed by atoms with E-state index in [1.807, 2.05) is 0 Å². The minimum atomic E-state index is 0.182. The fourth-order valence-electron chi connectivity index (χ4n) is 2.18. The number of hydrogen-bond donors (Lipinski definition) is 1. The van der Waals surface area contributed by atoms with E-state index < -0.39 is 0 Å². The molecular formula is C14H28N2S. The van der Waals surface area contributed by atoms with Gasteiger partial charge in [-0.05, 0) is 26.3 Å². The van der Waals surface area contributed by atoms with Gasteiger partial charge in [0.1, 0.15) is 0 Å². The maximum Gasteiger partial charge on any atom is 0.0203 e. The highest BCUT2D eigenvalue weighted by molar-refractivity contribution is 8.00. The van der Waals surface area contributed by atoms with E-state index >= 15 is 0 Å². The van der Waals surface area contributed by atoms with Crippen molar-refractivity contribution in [2.24, 2.45) is 0 Å². The Morgan fingerprint density at radius 3 is 2.29 bits per heavy atom. The molecule has 0 radical (unpaired) electrons. The fourth-order valence-corrected chi connectivity index (χ4v) is 3.56. The lowest BCUT2D eigenvalue weighted by atomic mass is 10.1. The van der Waals surface area contributed by atoms with Crippen LogP contribution in [-0.4, -0.2) is 47.1 Å². The summed E-state index contributed by atoms with van der Waals surface area (Å²) >= 11 is 2.10. The van der Waals surface area contributed by atoms with Crippen LogP contribution in [0.2, 0.25) is 0 Å². The molecule has 2 atom stereocenters. The molecule has 3 heteroatoms. The molecule has 0 amide bonds. The van der Waals surface area contributed by atoms with Crippen LogP contribution in [0.1, 0.15) is 34.6 Å². The van der Waals surface area contributed by atoms with E-state index in [-0.39, 0.29) is 5.54 Å². The van der Waals surface area contributed by atoms with Crippen molar-refractivity contribution >= 4 is 11.8 Å². The fraction of sp³-hybridized carbons (Fsp3) is 0.857. The molecule has 1 aliphatic rings. The summed E-state index contributed by atoms with van der Waals surface area (Å²) in [5.41, 5.74) is 1.48. The van der Waals surface area contributed by atoms with Gasteiger partial charge in [-0.2, -0.15) is 11.8 Å². The molecule has 2 nitrogen and oxygen atoms in total. The van der Waals surface area contributed by atoms with Crippen LogP contribution in [0.15, 0.2) is 12.2 Å². The first-order chi connectivity index (χ1) is 7.76.